The normalized spacial score (nSPS) is 22.6. The first-order chi connectivity index (χ1) is 10.6. The predicted octanol–water partition coefficient (Wildman–Crippen LogP) is 3.50. The summed E-state index contributed by atoms with van der Waals surface area (Å²) in [7, 11) is -3.97. The molecule has 0 unspecified atom stereocenters. The van der Waals surface area contributed by atoms with Crippen molar-refractivity contribution in [1.82, 2.24) is 4.31 Å². The molecule has 0 aliphatic carbocycles. The smallest absolute Gasteiger partial charge is 0.424 e. The molecule has 23 heavy (non-hydrogen) atoms. The largest absolute Gasteiger partial charge is 0.445 e. The number of carbonyl (C=O) groups excluding carboxylic acids is 1. The van der Waals surface area contributed by atoms with Crippen LogP contribution in [0.4, 0.5) is 4.79 Å². The predicted molar refractivity (Wildman–Crippen MR) is 88.5 cm³/mol. The first-order valence-corrected chi connectivity index (χ1v) is 8.95. The molecule has 0 saturated carbocycles. The van der Waals surface area contributed by atoms with E-state index in [1.54, 1.807) is 12.1 Å². The Balaban J connectivity index is 2.40. The van der Waals surface area contributed by atoms with E-state index in [-0.39, 0.29) is 16.4 Å². The average Bonchev–Trinajstić information content (AvgIpc) is 2.45. The van der Waals surface area contributed by atoms with Crippen LogP contribution in [0.3, 0.4) is 0 Å². The van der Waals surface area contributed by atoms with Crippen molar-refractivity contribution in [2.24, 2.45) is 5.41 Å². The van der Waals surface area contributed by atoms with Gasteiger partial charge in [-0.25, -0.2) is 13.2 Å². The van der Waals surface area contributed by atoms with Crippen molar-refractivity contribution in [3.63, 3.8) is 0 Å². The molecular weight excluding hydrogens is 314 g/mol. The Kier molecular flexibility index (Phi) is 4.57. The van der Waals surface area contributed by atoms with E-state index in [2.05, 4.69) is 6.58 Å². The van der Waals surface area contributed by atoms with E-state index in [9.17, 15) is 13.2 Å². The summed E-state index contributed by atoms with van der Waals surface area (Å²) < 4.78 is 31.8. The van der Waals surface area contributed by atoms with Crippen molar-refractivity contribution in [3.8, 4) is 0 Å². The van der Waals surface area contributed by atoms with Crippen LogP contribution in [0, 0.1) is 12.3 Å². The van der Waals surface area contributed by atoms with Gasteiger partial charge in [-0.3, -0.25) is 0 Å². The van der Waals surface area contributed by atoms with E-state index in [0.717, 1.165) is 9.87 Å². The van der Waals surface area contributed by atoms with Crippen LogP contribution in [0.2, 0.25) is 0 Å². The lowest BCUT2D eigenvalue weighted by atomic mass is 9.84. The number of carbonyl (C=O) groups is 1. The molecule has 1 aromatic rings. The van der Waals surface area contributed by atoms with E-state index >= 15 is 0 Å². The van der Waals surface area contributed by atoms with Gasteiger partial charge >= 0.3 is 6.09 Å². The minimum absolute atomic E-state index is 0.0705. The number of rotatable bonds is 3. The number of sulfonamides is 1. The van der Waals surface area contributed by atoms with Gasteiger partial charge in [0.15, 0.2) is 0 Å². The highest BCUT2D eigenvalue weighted by Gasteiger charge is 2.45. The van der Waals surface area contributed by atoms with Crippen LogP contribution < -0.4 is 0 Å². The monoisotopic (exact) mass is 337 g/mol. The van der Waals surface area contributed by atoms with Crippen LogP contribution in [0.25, 0.3) is 0 Å². The number of hydrogen-bond donors (Lipinski definition) is 0. The summed E-state index contributed by atoms with van der Waals surface area (Å²) in [5, 5.41) is 0. The maximum absolute atomic E-state index is 12.8. The maximum Gasteiger partial charge on any atom is 0.424 e. The van der Waals surface area contributed by atoms with E-state index in [1.807, 2.05) is 27.7 Å². The molecule has 1 saturated heterocycles. The van der Waals surface area contributed by atoms with Gasteiger partial charge in [0, 0.05) is 6.42 Å². The second-order valence-electron chi connectivity index (χ2n) is 6.89. The molecule has 1 aliphatic rings. The highest BCUT2D eigenvalue weighted by atomic mass is 32.2. The zero-order chi connectivity index (χ0) is 17.4. The van der Waals surface area contributed by atoms with Gasteiger partial charge in [0.1, 0.15) is 6.10 Å². The first-order valence-electron chi connectivity index (χ1n) is 7.51. The van der Waals surface area contributed by atoms with Gasteiger partial charge in [0.25, 0.3) is 10.0 Å². The lowest BCUT2D eigenvalue weighted by molar-refractivity contribution is -0.0184. The van der Waals surface area contributed by atoms with Crippen molar-refractivity contribution in [1.29, 1.82) is 0 Å². The van der Waals surface area contributed by atoms with Crippen molar-refractivity contribution < 1.29 is 17.9 Å². The molecular formula is C17H23NO4S. The van der Waals surface area contributed by atoms with E-state index in [4.69, 9.17) is 4.74 Å². The summed E-state index contributed by atoms with van der Waals surface area (Å²) in [6.45, 7) is 11.4. The Morgan fingerprint density at radius 3 is 2.30 bits per heavy atom. The highest BCUT2D eigenvalue weighted by molar-refractivity contribution is 7.89. The van der Waals surface area contributed by atoms with Crippen LogP contribution in [0.5, 0.6) is 0 Å². The van der Waals surface area contributed by atoms with E-state index < -0.39 is 22.2 Å². The second-order valence-corrected chi connectivity index (χ2v) is 8.71. The number of ether oxygens (including phenoxy) is 1. The number of benzene rings is 1. The molecule has 6 heteroatoms. The SMILES string of the molecule is C=C[C@@H]1C[C@H](C(C)(C)C)OC(=O)N1S(=O)(=O)c1ccc(C)cc1. The number of cyclic esters (lactones) is 1. The molecule has 2 atom stereocenters. The fourth-order valence-electron chi connectivity index (χ4n) is 2.49. The third kappa shape index (κ3) is 3.42. The molecule has 0 N–H and O–H groups in total. The fourth-order valence-corrected chi connectivity index (χ4v) is 3.97. The van der Waals surface area contributed by atoms with E-state index in [1.165, 1.54) is 18.2 Å². The number of aryl methyl sites for hydroxylation is 1. The molecule has 2 rings (SSSR count). The molecule has 1 aromatic carbocycles. The zero-order valence-electron chi connectivity index (χ0n) is 13.9. The summed E-state index contributed by atoms with van der Waals surface area (Å²) in [6, 6.07) is 5.76. The highest BCUT2D eigenvalue weighted by Crippen LogP contribution is 2.34. The first kappa shape index (κ1) is 17.5. The Morgan fingerprint density at radius 1 is 1.26 bits per heavy atom. The molecule has 0 radical (unpaired) electrons. The van der Waals surface area contributed by atoms with Gasteiger partial charge in [-0.1, -0.05) is 44.5 Å². The summed E-state index contributed by atoms with van der Waals surface area (Å²) >= 11 is 0. The van der Waals surface area contributed by atoms with Crippen molar-refractivity contribution in [2.75, 3.05) is 0 Å². The van der Waals surface area contributed by atoms with Crippen molar-refractivity contribution in [3.05, 3.63) is 42.5 Å². The van der Waals surface area contributed by atoms with E-state index in [0.29, 0.717) is 6.42 Å². The van der Waals surface area contributed by atoms with Crippen LogP contribution in [0.1, 0.15) is 32.8 Å². The topological polar surface area (TPSA) is 63.7 Å². The molecule has 1 heterocycles. The Hall–Kier alpha value is -1.82. The number of hydrogen-bond acceptors (Lipinski definition) is 4. The van der Waals surface area contributed by atoms with Gasteiger partial charge < -0.3 is 4.74 Å². The van der Waals surface area contributed by atoms with Gasteiger partial charge in [-0.2, -0.15) is 4.31 Å². The van der Waals surface area contributed by atoms with Crippen LogP contribution in [-0.2, 0) is 14.8 Å². The lowest BCUT2D eigenvalue weighted by Gasteiger charge is -2.41. The molecule has 0 spiro atoms. The zero-order valence-corrected chi connectivity index (χ0v) is 14.8. The van der Waals surface area contributed by atoms with Gasteiger partial charge in [0.2, 0.25) is 0 Å². The Morgan fingerprint density at radius 2 is 1.83 bits per heavy atom. The third-order valence-corrected chi connectivity index (χ3v) is 5.80. The summed E-state index contributed by atoms with van der Waals surface area (Å²) in [5.41, 5.74) is 0.676. The van der Waals surface area contributed by atoms with Crippen LogP contribution >= 0.6 is 0 Å². The van der Waals surface area contributed by atoms with Crippen LogP contribution in [0.15, 0.2) is 41.8 Å². The number of nitrogens with zero attached hydrogens (tertiary/aromatic N) is 1. The van der Waals surface area contributed by atoms with Gasteiger partial charge in [0.05, 0.1) is 10.9 Å². The van der Waals surface area contributed by atoms with Gasteiger partial charge in [-0.15, -0.1) is 6.58 Å². The summed E-state index contributed by atoms with van der Waals surface area (Å²) in [4.78, 5) is 12.5. The molecule has 126 valence electrons. The quantitative estimate of drug-likeness (QED) is 0.792. The molecule has 1 aliphatic heterocycles. The Labute approximate surface area is 138 Å². The molecule has 0 bridgehead atoms. The fraction of sp³-hybridized carbons (Fsp3) is 0.471. The van der Waals surface area contributed by atoms with Gasteiger partial charge in [-0.05, 0) is 24.5 Å². The Bertz CT molecular complexity index is 701. The van der Waals surface area contributed by atoms with Crippen molar-refractivity contribution >= 4 is 16.1 Å². The molecule has 1 fully saturated rings. The standard InChI is InChI=1S/C17H23NO4S/c1-6-13-11-15(17(3,4)5)22-16(19)18(13)23(20,21)14-9-7-12(2)8-10-14/h6-10,13,15H,1,11H2,2-5H3/t13-,15-/m1/s1. The van der Waals surface area contributed by atoms with Crippen LogP contribution in [-0.4, -0.2) is 31.0 Å². The molecule has 0 aromatic heterocycles. The maximum atomic E-state index is 12.8. The minimum Gasteiger partial charge on any atom is -0.445 e. The summed E-state index contributed by atoms with van der Waals surface area (Å²) in [5.74, 6) is 0. The van der Waals surface area contributed by atoms with Crippen molar-refractivity contribution in [2.45, 2.75) is 51.2 Å². The lowest BCUT2D eigenvalue weighted by Crippen LogP contribution is -2.53. The molecule has 1 amide bonds. The average molecular weight is 337 g/mol. The molecule has 5 nitrogen and oxygen atoms in total. The second kappa shape index (κ2) is 6.00. The minimum atomic E-state index is -3.97. The third-order valence-electron chi connectivity index (χ3n) is 4.00. The number of amides is 1. The summed E-state index contributed by atoms with van der Waals surface area (Å²) in [6.07, 6.45) is 0.679.